The van der Waals surface area contributed by atoms with E-state index in [0.717, 1.165) is 18.3 Å². The third-order valence-electron chi connectivity index (χ3n) is 2.32. The summed E-state index contributed by atoms with van der Waals surface area (Å²) in [6, 6.07) is 5.11. The first-order chi connectivity index (χ1) is 8.39. The van der Waals surface area contributed by atoms with Gasteiger partial charge in [-0.2, -0.15) is 13.2 Å². The van der Waals surface area contributed by atoms with Crippen molar-refractivity contribution in [1.29, 1.82) is 0 Å². The predicted octanol–water partition coefficient (Wildman–Crippen LogP) is 2.53. The number of nitrogens with zero attached hydrogens (tertiary/aromatic N) is 2. The number of alkyl halides is 3. The molecule has 2 aromatic rings. The van der Waals surface area contributed by atoms with Crippen LogP contribution < -0.4 is 5.73 Å². The molecule has 2 heterocycles. The van der Waals surface area contributed by atoms with Crippen LogP contribution in [0.2, 0.25) is 0 Å². The molecule has 18 heavy (non-hydrogen) atoms. The van der Waals surface area contributed by atoms with Crippen molar-refractivity contribution in [3.05, 3.63) is 47.9 Å². The van der Waals surface area contributed by atoms with Gasteiger partial charge in [0.05, 0.1) is 11.3 Å². The van der Waals surface area contributed by atoms with Crippen molar-refractivity contribution < 1.29 is 13.2 Å². The zero-order valence-corrected chi connectivity index (χ0v) is 9.79. The molecule has 0 saturated carbocycles. The smallest absolute Gasteiger partial charge is 0.388 e. The number of pyridine rings is 1. The van der Waals surface area contributed by atoms with E-state index in [0.29, 0.717) is 5.69 Å². The van der Waals surface area contributed by atoms with Crippen molar-refractivity contribution >= 4 is 17.2 Å². The molecule has 2 aromatic heterocycles. The van der Waals surface area contributed by atoms with Crippen LogP contribution in [-0.4, -0.2) is 14.5 Å². The third kappa shape index (κ3) is 2.35. The maximum absolute atomic E-state index is 12.6. The lowest BCUT2D eigenvalue weighted by Crippen LogP contribution is -2.15. The normalized spacial score (nSPS) is 11.5. The summed E-state index contributed by atoms with van der Waals surface area (Å²) in [6.07, 6.45) is -1.76. The van der Waals surface area contributed by atoms with Crippen molar-refractivity contribution in [2.75, 3.05) is 0 Å². The number of thiocarbonyl (C=S) groups is 1. The fourth-order valence-corrected chi connectivity index (χ4v) is 1.67. The Balaban J connectivity index is 2.52. The summed E-state index contributed by atoms with van der Waals surface area (Å²) in [7, 11) is 0. The van der Waals surface area contributed by atoms with Crippen molar-refractivity contribution in [2.24, 2.45) is 5.73 Å². The van der Waals surface area contributed by atoms with Gasteiger partial charge in [0, 0.05) is 12.4 Å². The van der Waals surface area contributed by atoms with Crippen LogP contribution in [0.4, 0.5) is 13.2 Å². The second-order valence-corrected chi connectivity index (χ2v) is 3.97. The highest BCUT2D eigenvalue weighted by atomic mass is 32.1. The summed E-state index contributed by atoms with van der Waals surface area (Å²) in [5.41, 5.74) is 5.15. The third-order valence-corrected chi connectivity index (χ3v) is 2.53. The van der Waals surface area contributed by atoms with Crippen LogP contribution in [0.25, 0.3) is 5.82 Å². The molecule has 0 fully saturated rings. The van der Waals surface area contributed by atoms with E-state index < -0.39 is 11.7 Å². The van der Waals surface area contributed by atoms with Crippen molar-refractivity contribution in [2.45, 2.75) is 6.18 Å². The van der Waals surface area contributed by atoms with Gasteiger partial charge in [-0.05, 0) is 24.3 Å². The monoisotopic (exact) mass is 271 g/mol. The number of rotatable bonds is 2. The Morgan fingerprint density at radius 3 is 2.67 bits per heavy atom. The molecule has 0 bridgehead atoms. The molecule has 3 nitrogen and oxygen atoms in total. The van der Waals surface area contributed by atoms with Crippen LogP contribution in [-0.2, 0) is 6.18 Å². The minimum atomic E-state index is -4.41. The molecule has 0 aromatic carbocycles. The predicted molar refractivity (Wildman–Crippen MR) is 64.5 cm³/mol. The summed E-state index contributed by atoms with van der Waals surface area (Å²) >= 11 is 4.82. The largest absolute Gasteiger partial charge is 0.416 e. The van der Waals surface area contributed by atoms with E-state index in [2.05, 4.69) is 4.98 Å². The van der Waals surface area contributed by atoms with Crippen LogP contribution in [0.1, 0.15) is 11.3 Å². The molecule has 2 rings (SSSR count). The van der Waals surface area contributed by atoms with Crippen molar-refractivity contribution in [3.63, 3.8) is 0 Å². The average Bonchev–Trinajstić information content (AvgIpc) is 2.77. The minimum Gasteiger partial charge on any atom is -0.388 e. The van der Waals surface area contributed by atoms with Crippen molar-refractivity contribution in [1.82, 2.24) is 9.55 Å². The molecule has 2 N–H and O–H groups in total. The molecule has 0 unspecified atom stereocenters. The van der Waals surface area contributed by atoms with Gasteiger partial charge in [-0.25, -0.2) is 4.98 Å². The van der Waals surface area contributed by atoms with Gasteiger partial charge in [-0.3, -0.25) is 4.57 Å². The molecule has 0 amide bonds. The van der Waals surface area contributed by atoms with Crippen LogP contribution in [0, 0.1) is 0 Å². The van der Waals surface area contributed by atoms with Gasteiger partial charge in [0.15, 0.2) is 0 Å². The van der Waals surface area contributed by atoms with Crippen LogP contribution in [0.5, 0.6) is 0 Å². The topological polar surface area (TPSA) is 43.8 Å². The molecule has 0 saturated heterocycles. The number of hydrogen-bond donors (Lipinski definition) is 1. The van der Waals surface area contributed by atoms with Crippen LogP contribution >= 0.6 is 12.2 Å². The summed E-state index contributed by atoms with van der Waals surface area (Å²) in [5.74, 6) is 0.123. The molecule has 0 aliphatic carbocycles. The molecular weight excluding hydrogens is 263 g/mol. The molecule has 94 valence electrons. The Morgan fingerprint density at radius 1 is 1.33 bits per heavy atom. The quantitative estimate of drug-likeness (QED) is 0.854. The summed E-state index contributed by atoms with van der Waals surface area (Å²) in [6.45, 7) is 0. The summed E-state index contributed by atoms with van der Waals surface area (Å²) in [5, 5.41) is 0. The number of nitrogens with two attached hydrogens (primary N) is 1. The van der Waals surface area contributed by atoms with Gasteiger partial charge in [-0.15, -0.1) is 0 Å². The Kier molecular flexibility index (Phi) is 3.08. The fourth-order valence-electron chi connectivity index (χ4n) is 1.51. The van der Waals surface area contributed by atoms with Gasteiger partial charge >= 0.3 is 6.18 Å². The van der Waals surface area contributed by atoms with Crippen LogP contribution in [0.3, 0.4) is 0 Å². The first-order valence-electron chi connectivity index (χ1n) is 4.90. The maximum atomic E-state index is 12.6. The Morgan fingerprint density at radius 2 is 2.06 bits per heavy atom. The Bertz CT molecular complexity index is 589. The van der Waals surface area contributed by atoms with E-state index in [9.17, 15) is 13.2 Å². The van der Waals surface area contributed by atoms with E-state index >= 15 is 0 Å². The first-order valence-corrected chi connectivity index (χ1v) is 5.31. The van der Waals surface area contributed by atoms with Crippen LogP contribution in [0.15, 0.2) is 36.7 Å². The van der Waals surface area contributed by atoms with Gasteiger partial charge < -0.3 is 5.73 Å². The number of aromatic nitrogens is 2. The Hall–Kier alpha value is -1.89. The van der Waals surface area contributed by atoms with E-state index in [1.165, 1.54) is 4.57 Å². The highest BCUT2D eigenvalue weighted by molar-refractivity contribution is 7.80. The summed E-state index contributed by atoms with van der Waals surface area (Å²) < 4.78 is 39.2. The van der Waals surface area contributed by atoms with E-state index in [1.54, 1.807) is 18.3 Å². The van der Waals surface area contributed by atoms with Gasteiger partial charge in [0.2, 0.25) is 0 Å². The van der Waals surface area contributed by atoms with E-state index in [4.69, 9.17) is 18.0 Å². The summed E-state index contributed by atoms with van der Waals surface area (Å²) in [4.78, 5) is 3.98. The maximum Gasteiger partial charge on any atom is 0.416 e. The van der Waals surface area contributed by atoms with Gasteiger partial charge in [0.1, 0.15) is 10.8 Å². The lowest BCUT2D eigenvalue weighted by atomic mass is 10.2. The lowest BCUT2D eigenvalue weighted by molar-refractivity contribution is -0.137. The van der Waals surface area contributed by atoms with Crippen molar-refractivity contribution in [3.8, 4) is 5.82 Å². The number of halogens is 3. The molecule has 0 atom stereocenters. The average molecular weight is 271 g/mol. The zero-order valence-electron chi connectivity index (χ0n) is 8.98. The highest BCUT2D eigenvalue weighted by Gasteiger charge is 2.30. The molecule has 0 spiro atoms. The molecule has 7 heteroatoms. The lowest BCUT2D eigenvalue weighted by Gasteiger charge is -2.10. The zero-order chi connectivity index (χ0) is 13.3. The van der Waals surface area contributed by atoms with Gasteiger partial charge in [-0.1, -0.05) is 12.2 Å². The molecular formula is C11H8F3N3S. The molecule has 0 aliphatic rings. The van der Waals surface area contributed by atoms with E-state index in [-0.39, 0.29) is 10.8 Å². The molecule has 0 radical (unpaired) electrons. The number of hydrogen-bond acceptors (Lipinski definition) is 2. The second-order valence-electron chi connectivity index (χ2n) is 3.53. The Labute approximate surface area is 106 Å². The fraction of sp³-hybridized carbons (Fsp3) is 0.0909. The van der Waals surface area contributed by atoms with Gasteiger partial charge in [0.25, 0.3) is 0 Å². The minimum absolute atomic E-state index is 0.0965. The highest BCUT2D eigenvalue weighted by Crippen LogP contribution is 2.29. The molecule has 0 aliphatic heterocycles. The standard InChI is InChI=1S/C11H8F3N3S/c12-11(13,14)7-3-4-16-9(6-7)17-5-1-2-8(17)10(15)18/h1-6H,(H2,15,18). The first kappa shape index (κ1) is 12.6. The second kappa shape index (κ2) is 4.41. The van der Waals surface area contributed by atoms with E-state index in [1.807, 2.05) is 0 Å². The SMILES string of the molecule is NC(=S)c1cccn1-c1cc(C(F)(F)F)ccn1.